The minimum absolute atomic E-state index is 0.0544. The Balaban J connectivity index is 2.60. The summed E-state index contributed by atoms with van der Waals surface area (Å²) in [6.07, 6.45) is 0.758. The standard InChI is InChI=1S/C8H12ClNO/c1-6-2-3-8(11-6)7(10)4-5-9/h2-3,7H,4-5,10H2,1H3. The van der Waals surface area contributed by atoms with Crippen LogP contribution in [0.3, 0.4) is 0 Å². The summed E-state index contributed by atoms with van der Waals surface area (Å²) >= 11 is 5.53. The molecule has 0 aliphatic heterocycles. The molecule has 0 aliphatic rings. The summed E-state index contributed by atoms with van der Waals surface area (Å²) in [5, 5.41) is 0. The summed E-state index contributed by atoms with van der Waals surface area (Å²) in [7, 11) is 0. The molecule has 2 N–H and O–H groups in total. The van der Waals surface area contributed by atoms with Crippen LogP contribution in [-0.4, -0.2) is 5.88 Å². The van der Waals surface area contributed by atoms with E-state index < -0.39 is 0 Å². The lowest BCUT2D eigenvalue weighted by atomic mass is 10.2. The van der Waals surface area contributed by atoms with E-state index in [-0.39, 0.29) is 6.04 Å². The lowest BCUT2D eigenvalue weighted by Gasteiger charge is -2.04. The fourth-order valence-corrected chi connectivity index (χ4v) is 1.15. The molecule has 0 spiro atoms. The Labute approximate surface area is 71.3 Å². The van der Waals surface area contributed by atoms with Gasteiger partial charge in [-0.1, -0.05) is 0 Å². The molecule has 1 aromatic rings. The summed E-state index contributed by atoms with van der Waals surface area (Å²) in [6.45, 7) is 1.90. The van der Waals surface area contributed by atoms with Crippen molar-refractivity contribution in [2.45, 2.75) is 19.4 Å². The SMILES string of the molecule is Cc1ccc(C(N)CCCl)o1. The van der Waals surface area contributed by atoms with Gasteiger partial charge in [-0.3, -0.25) is 0 Å². The van der Waals surface area contributed by atoms with Crippen molar-refractivity contribution in [3.05, 3.63) is 23.7 Å². The maximum atomic E-state index is 5.74. The molecule has 11 heavy (non-hydrogen) atoms. The molecule has 2 nitrogen and oxygen atoms in total. The third kappa shape index (κ3) is 2.24. The molecule has 1 atom stereocenters. The van der Waals surface area contributed by atoms with Gasteiger partial charge in [0.25, 0.3) is 0 Å². The van der Waals surface area contributed by atoms with E-state index in [1.807, 2.05) is 19.1 Å². The normalized spacial score (nSPS) is 13.4. The lowest BCUT2D eigenvalue weighted by Crippen LogP contribution is -2.09. The number of nitrogens with two attached hydrogens (primary N) is 1. The van der Waals surface area contributed by atoms with Gasteiger partial charge in [0.2, 0.25) is 0 Å². The average molecular weight is 174 g/mol. The van der Waals surface area contributed by atoms with Crippen LogP contribution in [0.25, 0.3) is 0 Å². The van der Waals surface area contributed by atoms with Crippen molar-refractivity contribution in [2.75, 3.05) is 5.88 Å². The molecule has 0 amide bonds. The van der Waals surface area contributed by atoms with Crippen molar-refractivity contribution in [2.24, 2.45) is 5.73 Å². The van der Waals surface area contributed by atoms with Gasteiger partial charge in [0, 0.05) is 5.88 Å². The molecule has 0 saturated heterocycles. The fourth-order valence-electron chi connectivity index (χ4n) is 0.913. The second-order valence-corrected chi connectivity index (χ2v) is 2.91. The van der Waals surface area contributed by atoms with Crippen molar-refractivity contribution in [3.63, 3.8) is 0 Å². The Morgan fingerprint density at radius 1 is 1.64 bits per heavy atom. The zero-order valence-corrected chi connectivity index (χ0v) is 7.27. The smallest absolute Gasteiger partial charge is 0.120 e. The van der Waals surface area contributed by atoms with Gasteiger partial charge in [-0.25, -0.2) is 0 Å². The first-order valence-electron chi connectivity index (χ1n) is 3.62. The zero-order valence-electron chi connectivity index (χ0n) is 6.51. The monoisotopic (exact) mass is 173 g/mol. The Hall–Kier alpha value is -0.470. The summed E-state index contributed by atoms with van der Waals surface area (Å²) in [5.74, 6) is 2.29. The molecule has 0 radical (unpaired) electrons. The lowest BCUT2D eigenvalue weighted by molar-refractivity contribution is 0.442. The summed E-state index contributed by atoms with van der Waals surface area (Å²) in [5.41, 5.74) is 5.74. The van der Waals surface area contributed by atoms with Gasteiger partial charge in [-0.15, -0.1) is 11.6 Å². The minimum atomic E-state index is -0.0544. The molecule has 1 heterocycles. The maximum absolute atomic E-state index is 5.74. The highest BCUT2D eigenvalue weighted by Crippen LogP contribution is 2.16. The first-order valence-corrected chi connectivity index (χ1v) is 4.15. The van der Waals surface area contributed by atoms with Crippen LogP contribution in [-0.2, 0) is 0 Å². The van der Waals surface area contributed by atoms with Gasteiger partial charge in [-0.2, -0.15) is 0 Å². The molecular formula is C8H12ClNO. The van der Waals surface area contributed by atoms with Gasteiger partial charge in [-0.05, 0) is 25.5 Å². The minimum Gasteiger partial charge on any atom is -0.465 e. The van der Waals surface area contributed by atoms with E-state index in [1.54, 1.807) is 0 Å². The van der Waals surface area contributed by atoms with E-state index in [2.05, 4.69) is 0 Å². The van der Waals surface area contributed by atoms with Crippen LogP contribution >= 0.6 is 11.6 Å². The zero-order chi connectivity index (χ0) is 8.27. The van der Waals surface area contributed by atoms with Crippen molar-refractivity contribution in [1.82, 2.24) is 0 Å². The largest absolute Gasteiger partial charge is 0.465 e. The summed E-state index contributed by atoms with van der Waals surface area (Å²) in [4.78, 5) is 0. The Morgan fingerprint density at radius 3 is 2.82 bits per heavy atom. The molecule has 0 aromatic carbocycles. The second-order valence-electron chi connectivity index (χ2n) is 2.53. The third-order valence-electron chi connectivity index (χ3n) is 1.55. The molecular weight excluding hydrogens is 162 g/mol. The van der Waals surface area contributed by atoms with E-state index in [4.69, 9.17) is 21.8 Å². The van der Waals surface area contributed by atoms with Gasteiger partial charge < -0.3 is 10.2 Å². The van der Waals surface area contributed by atoms with E-state index >= 15 is 0 Å². The molecule has 1 aromatic heterocycles. The van der Waals surface area contributed by atoms with E-state index in [1.165, 1.54) is 0 Å². The predicted octanol–water partition coefficient (Wildman–Crippen LogP) is 2.22. The number of furan rings is 1. The van der Waals surface area contributed by atoms with Crippen molar-refractivity contribution >= 4 is 11.6 Å². The van der Waals surface area contributed by atoms with E-state index in [0.717, 1.165) is 17.9 Å². The van der Waals surface area contributed by atoms with Gasteiger partial charge in [0.15, 0.2) is 0 Å². The van der Waals surface area contributed by atoms with Crippen LogP contribution in [0, 0.1) is 6.92 Å². The Morgan fingerprint density at radius 2 is 2.36 bits per heavy atom. The fraction of sp³-hybridized carbons (Fsp3) is 0.500. The molecule has 0 bridgehead atoms. The van der Waals surface area contributed by atoms with Crippen molar-refractivity contribution in [3.8, 4) is 0 Å². The molecule has 62 valence electrons. The molecule has 0 saturated carbocycles. The number of hydrogen-bond acceptors (Lipinski definition) is 2. The van der Waals surface area contributed by atoms with Crippen LogP contribution in [0.5, 0.6) is 0 Å². The van der Waals surface area contributed by atoms with E-state index in [9.17, 15) is 0 Å². The number of rotatable bonds is 3. The Kier molecular flexibility index (Phi) is 2.97. The van der Waals surface area contributed by atoms with Crippen molar-refractivity contribution < 1.29 is 4.42 Å². The molecule has 3 heteroatoms. The molecule has 1 rings (SSSR count). The third-order valence-corrected chi connectivity index (χ3v) is 1.76. The molecule has 0 fully saturated rings. The van der Waals surface area contributed by atoms with Crippen LogP contribution in [0.15, 0.2) is 16.5 Å². The van der Waals surface area contributed by atoms with Crippen LogP contribution in [0.4, 0.5) is 0 Å². The number of aryl methyl sites for hydroxylation is 1. The maximum Gasteiger partial charge on any atom is 0.120 e. The number of hydrogen-bond donors (Lipinski definition) is 1. The highest BCUT2D eigenvalue weighted by atomic mass is 35.5. The highest BCUT2D eigenvalue weighted by molar-refractivity contribution is 6.17. The van der Waals surface area contributed by atoms with Gasteiger partial charge in [0.05, 0.1) is 6.04 Å². The van der Waals surface area contributed by atoms with Gasteiger partial charge >= 0.3 is 0 Å². The van der Waals surface area contributed by atoms with Crippen LogP contribution in [0.2, 0.25) is 0 Å². The molecule has 0 aliphatic carbocycles. The van der Waals surface area contributed by atoms with E-state index in [0.29, 0.717) is 5.88 Å². The topological polar surface area (TPSA) is 39.2 Å². The summed E-state index contributed by atoms with van der Waals surface area (Å²) < 4.78 is 5.31. The molecule has 1 unspecified atom stereocenters. The second kappa shape index (κ2) is 3.79. The van der Waals surface area contributed by atoms with Gasteiger partial charge in [0.1, 0.15) is 11.5 Å². The first kappa shape index (κ1) is 8.62. The van der Waals surface area contributed by atoms with Crippen LogP contribution < -0.4 is 5.73 Å². The van der Waals surface area contributed by atoms with Crippen molar-refractivity contribution in [1.29, 1.82) is 0 Å². The van der Waals surface area contributed by atoms with Crippen LogP contribution in [0.1, 0.15) is 24.0 Å². The highest BCUT2D eigenvalue weighted by Gasteiger charge is 2.08. The Bertz CT molecular complexity index is 222. The first-order chi connectivity index (χ1) is 5.24. The number of alkyl halides is 1. The quantitative estimate of drug-likeness (QED) is 0.712. The summed E-state index contributed by atoms with van der Waals surface area (Å²) in [6, 6.07) is 3.75. The predicted molar refractivity (Wildman–Crippen MR) is 45.7 cm³/mol. The average Bonchev–Trinajstić information content (AvgIpc) is 2.36. The number of halogens is 1.